The van der Waals surface area contributed by atoms with Crippen LogP contribution >= 0.6 is 0 Å². The van der Waals surface area contributed by atoms with Crippen molar-refractivity contribution in [3.63, 3.8) is 0 Å². The normalized spacial score (nSPS) is 14.5. The van der Waals surface area contributed by atoms with E-state index < -0.39 is 5.63 Å². The van der Waals surface area contributed by atoms with Crippen molar-refractivity contribution in [3.8, 4) is 0 Å². The Labute approximate surface area is 181 Å². The van der Waals surface area contributed by atoms with Crippen molar-refractivity contribution in [2.45, 2.75) is 32.2 Å². The first-order valence-electron chi connectivity index (χ1n) is 10.8. The van der Waals surface area contributed by atoms with Gasteiger partial charge in [-0.2, -0.15) is 0 Å². The molecule has 1 saturated heterocycles. The van der Waals surface area contributed by atoms with E-state index in [2.05, 4.69) is 0 Å². The number of carbonyl (C=O) groups excluding carboxylic acids is 2. The van der Waals surface area contributed by atoms with Gasteiger partial charge in [0.15, 0.2) is 0 Å². The lowest BCUT2D eigenvalue weighted by Gasteiger charge is -2.38. The maximum atomic E-state index is 13.3. The lowest BCUT2D eigenvalue weighted by molar-refractivity contribution is 0.0517. The summed E-state index contributed by atoms with van der Waals surface area (Å²) in [6, 6.07) is 18.0. The Morgan fingerprint density at radius 3 is 2.42 bits per heavy atom. The zero-order valence-electron chi connectivity index (χ0n) is 17.6. The van der Waals surface area contributed by atoms with Gasteiger partial charge in [0.1, 0.15) is 11.1 Å². The van der Waals surface area contributed by atoms with Gasteiger partial charge >= 0.3 is 5.63 Å². The number of fused-ring (bicyclic) bond motifs is 1. The number of benzene rings is 2. The van der Waals surface area contributed by atoms with Gasteiger partial charge < -0.3 is 14.2 Å². The third-order valence-corrected chi connectivity index (χ3v) is 5.81. The molecule has 0 saturated carbocycles. The fourth-order valence-corrected chi connectivity index (χ4v) is 4.20. The third kappa shape index (κ3) is 4.38. The molecule has 2 aromatic carbocycles. The molecule has 0 radical (unpaired) electrons. The van der Waals surface area contributed by atoms with Crippen LogP contribution in [0.5, 0.6) is 0 Å². The zero-order valence-corrected chi connectivity index (χ0v) is 17.6. The molecule has 6 heteroatoms. The summed E-state index contributed by atoms with van der Waals surface area (Å²) in [7, 11) is 0. The molecule has 0 bridgehead atoms. The molecule has 3 aromatic rings. The van der Waals surface area contributed by atoms with E-state index in [1.165, 1.54) is 0 Å². The van der Waals surface area contributed by atoms with Gasteiger partial charge in [-0.1, -0.05) is 43.3 Å². The second-order valence-electron chi connectivity index (χ2n) is 7.87. The summed E-state index contributed by atoms with van der Waals surface area (Å²) in [4.78, 5) is 42.2. The van der Waals surface area contributed by atoms with E-state index in [-0.39, 0.29) is 23.4 Å². The zero-order chi connectivity index (χ0) is 21.8. The van der Waals surface area contributed by atoms with E-state index in [0.717, 1.165) is 11.8 Å². The Hall–Kier alpha value is -3.41. The minimum atomic E-state index is -0.610. The highest BCUT2D eigenvalue weighted by Crippen LogP contribution is 2.21. The number of amides is 2. The molecule has 1 aromatic heterocycles. The molecule has 4 rings (SSSR count). The number of rotatable bonds is 5. The Morgan fingerprint density at radius 2 is 1.71 bits per heavy atom. The average molecular weight is 418 g/mol. The number of nitrogens with zero attached hydrogens (tertiary/aromatic N) is 2. The smallest absolute Gasteiger partial charge is 0.349 e. The molecule has 0 N–H and O–H groups in total. The molecule has 6 nitrogen and oxygen atoms in total. The molecule has 0 aliphatic carbocycles. The van der Waals surface area contributed by atoms with Crippen molar-refractivity contribution in [2.75, 3.05) is 19.6 Å². The molecule has 1 aliphatic rings. The molecule has 2 amide bonds. The van der Waals surface area contributed by atoms with Crippen molar-refractivity contribution in [1.82, 2.24) is 9.80 Å². The largest absolute Gasteiger partial charge is 0.422 e. The summed E-state index contributed by atoms with van der Waals surface area (Å²) in [5.74, 6) is -0.281. The molecule has 31 heavy (non-hydrogen) atoms. The lowest BCUT2D eigenvalue weighted by Crippen LogP contribution is -2.49. The van der Waals surface area contributed by atoms with Gasteiger partial charge in [-0.25, -0.2) is 4.79 Å². The maximum Gasteiger partial charge on any atom is 0.349 e. The topological polar surface area (TPSA) is 70.8 Å². The highest BCUT2D eigenvalue weighted by atomic mass is 16.4. The fraction of sp³-hybridized carbons (Fsp3) is 0.320. The highest BCUT2D eigenvalue weighted by molar-refractivity contribution is 5.97. The fourth-order valence-electron chi connectivity index (χ4n) is 4.20. The number of carbonyl (C=O) groups is 2. The van der Waals surface area contributed by atoms with Crippen LogP contribution in [-0.4, -0.2) is 47.3 Å². The van der Waals surface area contributed by atoms with Crippen molar-refractivity contribution in [2.24, 2.45) is 0 Å². The van der Waals surface area contributed by atoms with Crippen LogP contribution in [0.25, 0.3) is 11.0 Å². The van der Waals surface area contributed by atoms with E-state index in [1.807, 2.05) is 54.3 Å². The molecule has 1 fully saturated rings. The van der Waals surface area contributed by atoms with Crippen LogP contribution in [0.15, 0.2) is 69.9 Å². The van der Waals surface area contributed by atoms with Crippen molar-refractivity contribution < 1.29 is 14.0 Å². The van der Waals surface area contributed by atoms with E-state index in [1.54, 1.807) is 23.1 Å². The van der Waals surface area contributed by atoms with Crippen LogP contribution in [0, 0.1) is 0 Å². The van der Waals surface area contributed by atoms with Gasteiger partial charge in [0.05, 0.1) is 0 Å². The van der Waals surface area contributed by atoms with Crippen molar-refractivity contribution >= 4 is 22.8 Å². The van der Waals surface area contributed by atoms with Gasteiger partial charge in [0.25, 0.3) is 11.8 Å². The molecule has 0 atom stereocenters. The summed E-state index contributed by atoms with van der Waals surface area (Å²) in [6.45, 7) is 3.73. The van der Waals surface area contributed by atoms with E-state index in [9.17, 15) is 14.4 Å². The highest BCUT2D eigenvalue weighted by Gasteiger charge is 2.31. The molecule has 160 valence electrons. The summed E-state index contributed by atoms with van der Waals surface area (Å²) in [6.07, 6.45) is 2.15. The predicted octanol–water partition coefficient (Wildman–Crippen LogP) is 3.95. The number of hydrogen-bond donors (Lipinski definition) is 0. The third-order valence-electron chi connectivity index (χ3n) is 5.81. The number of piperidine rings is 1. The molecule has 0 spiro atoms. The Kier molecular flexibility index (Phi) is 6.16. The SMILES string of the molecule is CCCN(C(=O)c1cc2ccccc2oc1=O)C1CCN(C(=O)c2ccccc2)CC1. The summed E-state index contributed by atoms with van der Waals surface area (Å²) < 4.78 is 5.37. The Morgan fingerprint density at radius 1 is 1.03 bits per heavy atom. The molecular weight excluding hydrogens is 392 g/mol. The monoisotopic (exact) mass is 418 g/mol. The van der Waals surface area contributed by atoms with Crippen LogP contribution < -0.4 is 5.63 Å². The van der Waals surface area contributed by atoms with Crippen molar-refractivity contribution in [1.29, 1.82) is 0 Å². The van der Waals surface area contributed by atoms with Gasteiger partial charge in [-0.3, -0.25) is 9.59 Å². The molecular formula is C25H26N2O4. The average Bonchev–Trinajstić information content (AvgIpc) is 2.82. The first-order chi connectivity index (χ1) is 15.1. The summed E-state index contributed by atoms with van der Waals surface area (Å²) >= 11 is 0. The van der Waals surface area contributed by atoms with E-state index in [4.69, 9.17) is 4.42 Å². The van der Waals surface area contributed by atoms with Crippen molar-refractivity contribution in [3.05, 3.63) is 82.2 Å². The van der Waals surface area contributed by atoms with Crippen LogP contribution in [0.4, 0.5) is 0 Å². The van der Waals surface area contributed by atoms with Gasteiger partial charge in [-0.15, -0.1) is 0 Å². The Bertz CT molecular complexity index is 1130. The molecule has 0 unspecified atom stereocenters. The van der Waals surface area contributed by atoms with E-state index >= 15 is 0 Å². The van der Waals surface area contributed by atoms with Crippen LogP contribution in [0.2, 0.25) is 0 Å². The summed E-state index contributed by atoms with van der Waals surface area (Å²) in [5.41, 5.74) is 0.603. The van der Waals surface area contributed by atoms with Gasteiger partial charge in [0, 0.05) is 36.6 Å². The van der Waals surface area contributed by atoms with Gasteiger partial charge in [0.2, 0.25) is 0 Å². The summed E-state index contributed by atoms with van der Waals surface area (Å²) in [5, 5.41) is 0.727. The predicted molar refractivity (Wildman–Crippen MR) is 119 cm³/mol. The second kappa shape index (κ2) is 9.16. The second-order valence-corrected chi connectivity index (χ2v) is 7.87. The number of likely N-dealkylation sites (tertiary alicyclic amines) is 1. The minimum absolute atomic E-state index is 0.0156. The van der Waals surface area contributed by atoms with Crippen LogP contribution in [0.3, 0.4) is 0 Å². The standard InChI is InChI=1S/C25H26N2O4/c1-2-14-27(24(29)21-17-19-10-6-7-11-22(19)31-25(21)30)20-12-15-26(16-13-20)23(28)18-8-4-3-5-9-18/h3-11,17,20H,2,12-16H2,1H3. The first-order valence-corrected chi connectivity index (χ1v) is 10.8. The minimum Gasteiger partial charge on any atom is -0.422 e. The van der Waals surface area contributed by atoms with Gasteiger partial charge in [-0.05, 0) is 43.5 Å². The lowest BCUT2D eigenvalue weighted by atomic mass is 10.0. The number of para-hydroxylation sites is 1. The molecule has 2 heterocycles. The van der Waals surface area contributed by atoms with E-state index in [0.29, 0.717) is 43.6 Å². The number of hydrogen-bond acceptors (Lipinski definition) is 4. The van der Waals surface area contributed by atoms with Crippen LogP contribution in [0.1, 0.15) is 46.9 Å². The first kappa shape index (κ1) is 20.8. The van der Waals surface area contributed by atoms with Crippen LogP contribution in [-0.2, 0) is 0 Å². The Balaban J connectivity index is 1.51. The maximum absolute atomic E-state index is 13.3. The molecule has 1 aliphatic heterocycles. The quantitative estimate of drug-likeness (QED) is 0.588.